The van der Waals surface area contributed by atoms with Crippen LogP contribution in [0, 0.1) is 0 Å². The van der Waals surface area contributed by atoms with Gasteiger partial charge in [-0.2, -0.15) is 13.1 Å². The lowest BCUT2D eigenvalue weighted by molar-refractivity contribution is 0.534. The Morgan fingerprint density at radius 1 is 1.55 bits per heavy atom. The molecule has 0 spiro atoms. The standard InChI is InChI=1S/C6H15N2O2S/c1-3-4-5-6(2)8-11(7,9)10/h6-8H,3-5H2,1-2H3. The maximum absolute atomic E-state index is 10.4. The van der Waals surface area contributed by atoms with Gasteiger partial charge < -0.3 is 0 Å². The van der Waals surface area contributed by atoms with E-state index in [1.54, 1.807) is 6.92 Å². The highest BCUT2D eigenvalue weighted by Crippen LogP contribution is 1.99. The lowest BCUT2D eigenvalue weighted by Crippen LogP contribution is -2.32. The summed E-state index contributed by atoms with van der Waals surface area (Å²) in [6.45, 7) is 3.81. The second-order valence-electron chi connectivity index (χ2n) is 2.66. The summed E-state index contributed by atoms with van der Waals surface area (Å²) in [4.78, 5) is 0. The third-order valence-electron chi connectivity index (χ3n) is 1.35. The van der Waals surface area contributed by atoms with Gasteiger partial charge in [-0.25, -0.2) is 0 Å². The van der Waals surface area contributed by atoms with Gasteiger partial charge in [-0.3, -0.25) is 0 Å². The fourth-order valence-electron chi connectivity index (χ4n) is 0.834. The van der Waals surface area contributed by atoms with Crippen LogP contribution in [0.15, 0.2) is 0 Å². The molecule has 5 heteroatoms. The monoisotopic (exact) mass is 179 g/mol. The molecule has 0 rings (SSSR count). The van der Waals surface area contributed by atoms with E-state index in [0.29, 0.717) is 0 Å². The Bertz CT molecular complexity index is 189. The van der Waals surface area contributed by atoms with Crippen molar-refractivity contribution >= 4 is 10.2 Å². The molecular formula is C6H15N2O2S. The molecule has 67 valence electrons. The largest absolute Gasteiger partial charge is 0.290 e. The average molecular weight is 179 g/mol. The molecule has 0 heterocycles. The molecule has 1 radical (unpaired) electrons. The highest BCUT2D eigenvalue weighted by atomic mass is 32.2. The molecule has 0 aliphatic rings. The van der Waals surface area contributed by atoms with Crippen LogP contribution in [-0.2, 0) is 10.2 Å². The number of unbranched alkanes of at least 4 members (excludes halogenated alkanes) is 1. The number of hydrogen-bond donors (Lipinski definition) is 1. The van der Waals surface area contributed by atoms with Crippen LogP contribution >= 0.6 is 0 Å². The van der Waals surface area contributed by atoms with Crippen molar-refractivity contribution in [3.05, 3.63) is 0 Å². The Balaban J connectivity index is 3.61. The fourth-order valence-corrected chi connectivity index (χ4v) is 1.48. The summed E-state index contributed by atoms with van der Waals surface area (Å²) in [6.07, 6.45) is 2.84. The molecule has 0 fully saturated rings. The van der Waals surface area contributed by atoms with Gasteiger partial charge in [0, 0.05) is 6.04 Å². The smallest absolute Gasteiger partial charge is 0.198 e. The third-order valence-corrected chi connectivity index (χ3v) is 2.06. The van der Waals surface area contributed by atoms with E-state index in [0.717, 1.165) is 19.3 Å². The quantitative estimate of drug-likeness (QED) is 0.674. The van der Waals surface area contributed by atoms with Crippen LogP contribution in [0.5, 0.6) is 0 Å². The predicted molar refractivity (Wildman–Crippen MR) is 44.1 cm³/mol. The Kier molecular flexibility index (Phi) is 4.63. The van der Waals surface area contributed by atoms with Crippen LogP contribution in [0.3, 0.4) is 0 Å². The Morgan fingerprint density at radius 3 is 2.45 bits per heavy atom. The summed E-state index contributed by atoms with van der Waals surface area (Å²) in [5.74, 6) is 0. The van der Waals surface area contributed by atoms with Gasteiger partial charge >= 0.3 is 0 Å². The molecule has 0 aromatic rings. The number of nitrogens with one attached hydrogen (secondary N) is 2. The molecule has 0 aromatic heterocycles. The van der Waals surface area contributed by atoms with Gasteiger partial charge in [-0.1, -0.05) is 19.8 Å². The van der Waals surface area contributed by atoms with Crippen molar-refractivity contribution in [2.24, 2.45) is 0 Å². The van der Waals surface area contributed by atoms with E-state index < -0.39 is 10.2 Å². The summed E-state index contributed by atoms with van der Waals surface area (Å²) in [6, 6.07) is -0.113. The molecule has 4 nitrogen and oxygen atoms in total. The normalized spacial score (nSPS) is 14.8. The van der Waals surface area contributed by atoms with Crippen molar-refractivity contribution in [2.45, 2.75) is 39.2 Å². The fraction of sp³-hybridized carbons (Fsp3) is 1.00. The topological polar surface area (TPSA) is 70.0 Å². The molecule has 0 aliphatic heterocycles. The first-order valence-electron chi connectivity index (χ1n) is 3.72. The summed E-state index contributed by atoms with van der Waals surface area (Å²) in [7, 11) is -3.75. The van der Waals surface area contributed by atoms with E-state index in [2.05, 4.69) is 4.72 Å². The van der Waals surface area contributed by atoms with Gasteiger partial charge in [0.1, 0.15) is 0 Å². The molecular weight excluding hydrogens is 164 g/mol. The molecule has 0 amide bonds. The molecule has 0 saturated carbocycles. The first-order chi connectivity index (χ1) is 4.95. The second-order valence-corrected chi connectivity index (χ2v) is 3.91. The maximum Gasteiger partial charge on any atom is 0.290 e. The van der Waals surface area contributed by atoms with E-state index in [9.17, 15) is 8.42 Å². The third kappa shape index (κ3) is 7.77. The zero-order valence-corrected chi connectivity index (χ0v) is 7.74. The minimum Gasteiger partial charge on any atom is -0.198 e. The zero-order chi connectivity index (χ0) is 8.91. The molecule has 0 saturated heterocycles. The van der Waals surface area contributed by atoms with Gasteiger partial charge in [-0.15, -0.1) is 5.14 Å². The van der Waals surface area contributed by atoms with Crippen molar-refractivity contribution in [3.63, 3.8) is 0 Å². The van der Waals surface area contributed by atoms with E-state index in [1.165, 1.54) is 0 Å². The first kappa shape index (κ1) is 10.9. The molecule has 0 aromatic carbocycles. The van der Waals surface area contributed by atoms with Crippen LogP contribution in [-0.4, -0.2) is 14.5 Å². The van der Waals surface area contributed by atoms with Crippen molar-refractivity contribution in [2.75, 3.05) is 0 Å². The van der Waals surface area contributed by atoms with Gasteiger partial charge in [0.15, 0.2) is 0 Å². The van der Waals surface area contributed by atoms with Gasteiger partial charge in [-0.05, 0) is 13.3 Å². The van der Waals surface area contributed by atoms with E-state index >= 15 is 0 Å². The van der Waals surface area contributed by atoms with Crippen LogP contribution in [0.25, 0.3) is 0 Å². The number of hydrogen-bond acceptors (Lipinski definition) is 2. The van der Waals surface area contributed by atoms with Crippen LogP contribution < -0.4 is 9.86 Å². The van der Waals surface area contributed by atoms with E-state index in [1.807, 2.05) is 6.92 Å². The van der Waals surface area contributed by atoms with Crippen molar-refractivity contribution in [1.29, 1.82) is 0 Å². The SMILES string of the molecule is CCCCC(C)NS([NH])(=O)=O. The lowest BCUT2D eigenvalue weighted by atomic mass is 10.2. The summed E-state index contributed by atoms with van der Waals surface area (Å²) < 4.78 is 22.9. The first-order valence-corrected chi connectivity index (χ1v) is 5.21. The van der Waals surface area contributed by atoms with Crippen molar-refractivity contribution in [1.82, 2.24) is 9.86 Å². The molecule has 1 unspecified atom stereocenters. The minimum absolute atomic E-state index is 0.113. The van der Waals surface area contributed by atoms with Gasteiger partial charge in [0.05, 0.1) is 0 Å². The van der Waals surface area contributed by atoms with Gasteiger partial charge in [0.2, 0.25) is 0 Å². The highest BCUT2D eigenvalue weighted by Gasteiger charge is 2.07. The van der Waals surface area contributed by atoms with Crippen LogP contribution in [0.4, 0.5) is 0 Å². The molecule has 11 heavy (non-hydrogen) atoms. The van der Waals surface area contributed by atoms with Crippen molar-refractivity contribution < 1.29 is 8.42 Å². The molecule has 0 aliphatic carbocycles. The Morgan fingerprint density at radius 2 is 2.09 bits per heavy atom. The number of rotatable bonds is 5. The molecule has 0 bridgehead atoms. The summed E-state index contributed by atoms with van der Waals surface area (Å²) in [5, 5.41) is 6.56. The summed E-state index contributed by atoms with van der Waals surface area (Å²) in [5.41, 5.74) is 0. The average Bonchev–Trinajstić information content (AvgIpc) is 1.79. The summed E-state index contributed by atoms with van der Waals surface area (Å²) >= 11 is 0. The molecule has 2 N–H and O–H groups in total. The molecule has 1 atom stereocenters. The zero-order valence-electron chi connectivity index (χ0n) is 6.92. The minimum atomic E-state index is -3.75. The van der Waals surface area contributed by atoms with Crippen molar-refractivity contribution in [3.8, 4) is 0 Å². The van der Waals surface area contributed by atoms with Crippen LogP contribution in [0.1, 0.15) is 33.1 Å². The lowest BCUT2D eigenvalue weighted by Gasteiger charge is -2.09. The van der Waals surface area contributed by atoms with E-state index in [-0.39, 0.29) is 6.04 Å². The van der Waals surface area contributed by atoms with Gasteiger partial charge in [0.25, 0.3) is 10.2 Å². The van der Waals surface area contributed by atoms with E-state index in [4.69, 9.17) is 5.14 Å². The Hall–Kier alpha value is -0.130. The predicted octanol–water partition coefficient (Wildman–Crippen LogP) is 0.682. The Labute approximate surface area is 68.3 Å². The maximum atomic E-state index is 10.4. The highest BCUT2D eigenvalue weighted by molar-refractivity contribution is 7.86. The van der Waals surface area contributed by atoms with Crippen LogP contribution in [0.2, 0.25) is 0 Å². The second kappa shape index (κ2) is 4.69.